The summed E-state index contributed by atoms with van der Waals surface area (Å²) in [5.74, 6) is 0.662. The van der Waals surface area contributed by atoms with Gasteiger partial charge in [-0.2, -0.15) is 0 Å². The second kappa shape index (κ2) is 5.81. The second-order valence-electron chi connectivity index (χ2n) is 4.69. The molecule has 1 aromatic carbocycles. The SMILES string of the molecule is CN=C1SC(=Cc2ccc(-c3cccc(F)c3)o2)C(=O)N1C. The number of amides is 1. The number of hydrogen-bond acceptors (Lipinski definition) is 4. The number of likely N-dealkylation sites (N-methyl/N-ethyl adjacent to an activating group) is 1. The summed E-state index contributed by atoms with van der Waals surface area (Å²) in [5.41, 5.74) is 0.656. The Kier molecular flexibility index (Phi) is 3.85. The Bertz CT molecular complexity index is 795. The molecule has 4 nitrogen and oxygen atoms in total. The van der Waals surface area contributed by atoms with Gasteiger partial charge < -0.3 is 4.42 Å². The van der Waals surface area contributed by atoms with E-state index in [9.17, 15) is 9.18 Å². The van der Waals surface area contributed by atoms with Crippen LogP contribution in [0.25, 0.3) is 17.4 Å². The van der Waals surface area contributed by atoms with Crippen molar-refractivity contribution in [2.24, 2.45) is 4.99 Å². The molecule has 1 fully saturated rings. The topological polar surface area (TPSA) is 45.8 Å². The summed E-state index contributed by atoms with van der Waals surface area (Å²) < 4.78 is 18.9. The molecule has 1 aromatic heterocycles. The van der Waals surface area contributed by atoms with Gasteiger partial charge in [0.15, 0.2) is 5.17 Å². The van der Waals surface area contributed by atoms with Crippen molar-refractivity contribution in [3.05, 3.63) is 52.9 Å². The van der Waals surface area contributed by atoms with Crippen LogP contribution in [0.1, 0.15) is 5.76 Å². The molecule has 0 saturated carbocycles. The average Bonchev–Trinajstić information content (AvgIpc) is 3.08. The smallest absolute Gasteiger partial charge is 0.266 e. The molecule has 0 atom stereocenters. The minimum Gasteiger partial charge on any atom is -0.457 e. The lowest BCUT2D eigenvalue weighted by Gasteiger charge is -2.04. The van der Waals surface area contributed by atoms with Crippen LogP contribution in [-0.4, -0.2) is 30.1 Å². The van der Waals surface area contributed by atoms with Gasteiger partial charge in [-0.1, -0.05) is 12.1 Å². The Morgan fingerprint density at radius 3 is 2.82 bits per heavy atom. The molecule has 22 heavy (non-hydrogen) atoms. The van der Waals surface area contributed by atoms with Crippen LogP contribution in [0.15, 0.2) is 50.7 Å². The predicted octanol–water partition coefficient (Wildman–Crippen LogP) is 3.62. The van der Waals surface area contributed by atoms with E-state index in [1.807, 2.05) is 0 Å². The van der Waals surface area contributed by atoms with E-state index in [0.29, 0.717) is 27.2 Å². The van der Waals surface area contributed by atoms with Gasteiger partial charge in [0.05, 0.1) is 4.91 Å². The van der Waals surface area contributed by atoms with E-state index in [-0.39, 0.29) is 11.7 Å². The number of carbonyl (C=O) groups excluding carboxylic acids is 1. The minimum atomic E-state index is -0.319. The third-order valence-corrected chi connectivity index (χ3v) is 4.36. The number of furan rings is 1. The van der Waals surface area contributed by atoms with Gasteiger partial charge in [-0.25, -0.2) is 4.39 Å². The number of carbonyl (C=O) groups is 1. The maximum Gasteiger partial charge on any atom is 0.266 e. The first-order valence-electron chi connectivity index (χ1n) is 6.58. The van der Waals surface area contributed by atoms with E-state index >= 15 is 0 Å². The molecule has 3 rings (SSSR count). The fourth-order valence-electron chi connectivity index (χ4n) is 2.11. The van der Waals surface area contributed by atoms with Crippen molar-refractivity contribution in [3.63, 3.8) is 0 Å². The van der Waals surface area contributed by atoms with Gasteiger partial charge in [-0.15, -0.1) is 0 Å². The second-order valence-corrected chi connectivity index (χ2v) is 5.70. The maximum atomic E-state index is 13.2. The molecule has 1 aliphatic rings. The van der Waals surface area contributed by atoms with E-state index in [1.165, 1.54) is 28.8 Å². The molecule has 0 bridgehead atoms. The Labute approximate surface area is 131 Å². The molecule has 6 heteroatoms. The first-order chi connectivity index (χ1) is 10.6. The van der Waals surface area contributed by atoms with Gasteiger partial charge in [0.1, 0.15) is 17.3 Å². The highest BCUT2D eigenvalue weighted by molar-refractivity contribution is 8.18. The van der Waals surface area contributed by atoms with Crippen LogP contribution < -0.4 is 0 Å². The molecule has 2 aromatic rings. The number of benzene rings is 1. The molecule has 1 amide bonds. The normalized spacial score (nSPS) is 18.7. The van der Waals surface area contributed by atoms with E-state index in [2.05, 4.69) is 4.99 Å². The predicted molar refractivity (Wildman–Crippen MR) is 85.8 cm³/mol. The van der Waals surface area contributed by atoms with Crippen LogP contribution in [-0.2, 0) is 4.79 Å². The van der Waals surface area contributed by atoms with Crippen molar-refractivity contribution in [3.8, 4) is 11.3 Å². The van der Waals surface area contributed by atoms with Crippen molar-refractivity contribution >= 4 is 28.9 Å². The van der Waals surface area contributed by atoms with Gasteiger partial charge >= 0.3 is 0 Å². The van der Waals surface area contributed by atoms with Crippen LogP contribution in [0, 0.1) is 5.82 Å². The molecule has 0 aliphatic carbocycles. The number of aliphatic imine (C=N–C) groups is 1. The minimum absolute atomic E-state index is 0.116. The van der Waals surface area contributed by atoms with Gasteiger partial charge in [0.25, 0.3) is 5.91 Å². The van der Waals surface area contributed by atoms with E-state index in [0.717, 1.165) is 0 Å². The Hall–Kier alpha value is -2.34. The average molecular weight is 316 g/mol. The van der Waals surface area contributed by atoms with Gasteiger partial charge in [-0.05, 0) is 36.0 Å². The van der Waals surface area contributed by atoms with Crippen molar-refractivity contribution < 1.29 is 13.6 Å². The monoisotopic (exact) mass is 316 g/mol. The lowest BCUT2D eigenvalue weighted by molar-refractivity contribution is -0.121. The van der Waals surface area contributed by atoms with Crippen LogP contribution in [0.2, 0.25) is 0 Å². The van der Waals surface area contributed by atoms with Gasteiger partial charge in [0, 0.05) is 25.7 Å². The molecule has 2 heterocycles. The molecular formula is C16H13FN2O2S. The summed E-state index contributed by atoms with van der Waals surface area (Å²) in [6.45, 7) is 0. The summed E-state index contributed by atoms with van der Waals surface area (Å²) in [6.07, 6.45) is 1.67. The van der Waals surface area contributed by atoms with Crippen LogP contribution in [0.4, 0.5) is 4.39 Å². The Morgan fingerprint density at radius 1 is 1.32 bits per heavy atom. The number of nitrogens with zero attached hydrogens (tertiary/aromatic N) is 2. The Morgan fingerprint density at radius 2 is 2.14 bits per heavy atom. The number of hydrogen-bond donors (Lipinski definition) is 0. The number of halogens is 1. The van der Waals surface area contributed by atoms with Crippen LogP contribution in [0.3, 0.4) is 0 Å². The van der Waals surface area contributed by atoms with Crippen molar-refractivity contribution in [2.45, 2.75) is 0 Å². The standard InChI is InChI=1S/C16H13FN2O2S/c1-18-16-19(2)15(20)14(22-16)9-12-6-7-13(21-12)10-4-3-5-11(17)8-10/h3-9H,1-2H3. The lowest BCUT2D eigenvalue weighted by Crippen LogP contribution is -2.23. The largest absolute Gasteiger partial charge is 0.457 e. The summed E-state index contributed by atoms with van der Waals surface area (Å²) in [7, 11) is 3.32. The zero-order valence-electron chi connectivity index (χ0n) is 12.0. The highest BCUT2D eigenvalue weighted by Crippen LogP contribution is 2.32. The molecule has 0 N–H and O–H groups in total. The molecule has 1 aliphatic heterocycles. The first-order valence-corrected chi connectivity index (χ1v) is 7.40. The molecular weight excluding hydrogens is 303 g/mol. The highest BCUT2D eigenvalue weighted by Gasteiger charge is 2.30. The summed E-state index contributed by atoms with van der Waals surface area (Å²) in [6, 6.07) is 9.68. The van der Waals surface area contributed by atoms with Crippen molar-refractivity contribution in [1.29, 1.82) is 0 Å². The summed E-state index contributed by atoms with van der Waals surface area (Å²) in [5, 5.41) is 0.646. The van der Waals surface area contributed by atoms with Crippen LogP contribution >= 0.6 is 11.8 Å². The number of thioether (sulfide) groups is 1. The molecule has 0 unspecified atom stereocenters. The third kappa shape index (κ3) is 2.69. The molecule has 0 radical (unpaired) electrons. The quantitative estimate of drug-likeness (QED) is 0.795. The zero-order chi connectivity index (χ0) is 15.7. The molecule has 1 saturated heterocycles. The van der Waals surface area contributed by atoms with Crippen molar-refractivity contribution in [1.82, 2.24) is 4.90 Å². The zero-order valence-corrected chi connectivity index (χ0v) is 12.9. The number of rotatable bonds is 2. The van der Waals surface area contributed by atoms with Gasteiger partial charge in [0.2, 0.25) is 0 Å². The van der Waals surface area contributed by atoms with E-state index < -0.39 is 0 Å². The molecule has 112 valence electrons. The Balaban J connectivity index is 1.89. The fourth-order valence-corrected chi connectivity index (χ4v) is 3.01. The van der Waals surface area contributed by atoms with Crippen LogP contribution in [0.5, 0.6) is 0 Å². The van der Waals surface area contributed by atoms with Gasteiger partial charge in [-0.3, -0.25) is 14.7 Å². The summed E-state index contributed by atoms with van der Waals surface area (Å²) >= 11 is 1.30. The number of amidine groups is 1. The third-order valence-electron chi connectivity index (χ3n) is 3.20. The lowest BCUT2D eigenvalue weighted by atomic mass is 10.2. The first kappa shape index (κ1) is 14.6. The van der Waals surface area contributed by atoms with E-state index in [1.54, 1.807) is 44.4 Å². The maximum absolute atomic E-state index is 13.2. The van der Waals surface area contributed by atoms with Crippen molar-refractivity contribution in [2.75, 3.05) is 14.1 Å². The fraction of sp³-hybridized carbons (Fsp3) is 0.125. The summed E-state index contributed by atoms with van der Waals surface area (Å²) in [4.78, 5) is 18.1. The molecule has 0 spiro atoms. The highest BCUT2D eigenvalue weighted by atomic mass is 32.2. The van der Waals surface area contributed by atoms with E-state index in [4.69, 9.17) is 4.42 Å².